The third-order valence-electron chi connectivity index (χ3n) is 3.15. The van der Waals surface area contributed by atoms with Gasteiger partial charge in [-0.15, -0.1) is 0 Å². The minimum absolute atomic E-state index is 0.123. The minimum Gasteiger partial charge on any atom is -0.481 e. The Morgan fingerprint density at radius 3 is 2.41 bits per heavy atom. The third kappa shape index (κ3) is 5.17. The number of nitrogens with two attached hydrogens (primary N) is 1. The molecule has 5 nitrogen and oxygen atoms in total. The van der Waals surface area contributed by atoms with Gasteiger partial charge in [0.1, 0.15) is 0 Å². The molecule has 0 aliphatic rings. The second-order valence-corrected chi connectivity index (χ2v) is 4.69. The number of hydrogen-bond donors (Lipinski definition) is 3. The fourth-order valence-corrected chi connectivity index (χ4v) is 1.32. The number of carboxylic acid groups (broad SMARTS) is 1. The molecule has 0 heterocycles. The van der Waals surface area contributed by atoms with Crippen molar-refractivity contribution in [2.45, 2.75) is 52.5 Å². The van der Waals surface area contributed by atoms with Crippen molar-refractivity contribution < 1.29 is 14.7 Å². The first-order valence-electron chi connectivity index (χ1n) is 6.14. The van der Waals surface area contributed by atoms with Crippen molar-refractivity contribution in [2.24, 2.45) is 11.1 Å². The number of aliphatic carboxylic acids is 1. The summed E-state index contributed by atoms with van der Waals surface area (Å²) in [6, 6.07) is -0.537. The van der Waals surface area contributed by atoms with E-state index in [-0.39, 0.29) is 12.5 Å². The lowest BCUT2D eigenvalue weighted by molar-refractivity contribution is -0.148. The van der Waals surface area contributed by atoms with E-state index in [1.54, 1.807) is 13.8 Å². The number of carbonyl (C=O) groups excluding carboxylic acids is 1. The van der Waals surface area contributed by atoms with Gasteiger partial charge in [-0.25, -0.2) is 0 Å². The Morgan fingerprint density at radius 1 is 1.41 bits per heavy atom. The summed E-state index contributed by atoms with van der Waals surface area (Å²) in [5, 5.41) is 11.7. The van der Waals surface area contributed by atoms with Crippen molar-refractivity contribution in [3.8, 4) is 0 Å². The predicted octanol–water partition coefficient (Wildman–Crippen LogP) is 1.12. The molecule has 0 aromatic heterocycles. The largest absolute Gasteiger partial charge is 0.481 e. The SMILES string of the molecule is CCCC[C@H](N)C(=O)NCC(C)(CC)C(=O)O. The monoisotopic (exact) mass is 244 g/mol. The zero-order chi connectivity index (χ0) is 13.5. The smallest absolute Gasteiger partial charge is 0.311 e. The summed E-state index contributed by atoms with van der Waals surface area (Å²) < 4.78 is 0. The Balaban J connectivity index is 4.18. The van der Waals surface area contributed by atoms with Crippen molar-refractivity contribution in [1.29, 1.82) is 0 Å². The maximum absolute atomic E-state index is 11.6. The summed E-state index contributed by atoms with van der Waals surface area (Å²) in [5.74, 6) is -1.16. The Labute approximate surface area is 103 Å². The van der Waals surface area contributed by atoms with Crippen molar-refractivity contribution in [1.82, 2.24) is 5.32 Å². The van der Waals surface area contributed by atoms with E-state index in [4.69, 9.17) is 10.8 Å². The summed E-state index contributed by atoms with van der Waals surface area (Å²) in [6.07, 6.45) is 2.99. The van der Waals surface area contributed by atoms with Crippen molar-refractivity contribution >= 4 is 11.9 Å². The van der Waals surface area contributed by atoms with E-state index in [1.807, 2.05) is 6.92 Å². The minimum atomic E-state index is -0.917. The van der Waals surface area contributed by atoms with Crippen LogP contribution in [0.5, 0.6) is 0 Å². The molecule has 0 spiro atoms. The van der Waals surface area contributed by atoms with E-state index in [0.717, 1.165) is 12.8 Å². The maximum Gasteiger partial charge on any atom is 0.311 e. The topological polar surface area (TPSA) is 92.4 Å². The van der Waals surface area contributed by atoms with Crippen LogP contribution in [0.1, 0.15) is 46.5 Å². The molecule has 100 valence electrons. The van der Waals surface area contributed by atoms with Crippen LogP contribution in [0.15, 0.2) is 0 Å². The van der Waals surface area contributed by atoms with Gasteiger partial charge < -0.3 is 16.2 Å². The van der Waals surface area contributed by atoms with Gasteiger partial charge in [-0.3, -0.25) is 9.59 Å². The highest BCUT2D eigenvalue weighted by molar-refractivity contribution is 5.82. The molecule has 0 aliphatic heterocycles. The van der Waals surface area contributed by atoms with Gasteiger partial charge in [0, 0.05) is 6.54 Å². The normalized spacial score (nSPS) is 16.0. The second-order valence-electron chi connectivity index (χ2n) is 4.69. The molecule has 0 bridgehead atoms. The number of carboxylic acids is 1. The number of rotatable bonds is 8. The van der Waals surface area contributed by atoms with Gasteiger partial charge in [0.25, 0.3) is 0 Å². The fourth-order valence-electron chi connectivity index (χ4n) is 1.32. The molecule has 1 unspecified atom stereocenters. The highest BCUT2D eigenvalue weighted by atomic mass is 16.4. The number of hydrogen-bond acceptors (Lipinski definition) is 3. The molecular formula is C12H24N2O3. The molecule has 17 heavy (non-hydrogen) atoms. The summed E-state index contributed by atoms with van der Waals surface area (Å²) in [4.78, 5) is 22.6. The van der Waals surface area contributed by atoms with Gasteiger partial charge in [0.15, 0.2) is 0 Å². The lowest BCUT2D eigenvalue weighted by atomic mass is 9.87. The average Bonchev–Trinajstić information content (AvgIpc) is 2.31. The van der Waals surface area contributed by atoms with Crippen LogP contribution in [0.3, 0.4) is 0 Å². The van der Waals surface area contributed by atoms with Gasteiger partial charge in [-0.2, -0.15) is 0 Å². The van der Waals surface area contributed by atoms with Gasteiger partial charge in [0.05, 0.1) is 11.5 Å². The van der Waals surface area contributed by atoms with Gasteiger partial charge in [0.2, 0.25) is 5.91 Å². The first kappa shape index (κ1) is 15.9. The van der Waals surface area contributed by atoms with Crippen molar-refractivity contribution in [2.75, 3.05) is 6.54 Å². The quantitative estimate of drug-likeness (QED) is 0.596. The number of carbonyl (C=O) groups is 2. The molecule has 0 fully saturated rings. The molecular weight excluding hydrogens is 220 g/mol. The number of unbranched alkanes of at least 4 members (excludes halogenated alkanes) is 1. The molecule has 0 saturated heterocycles. The van der Waals surface area contributed by atoms with Crippen LogP contribution in [0.25, 0.3) is 0 Å². The van der Waals surface area contributed by atoms with E-state index in [0.29, 0.717) is 12.8 Å². The van der Waals surface area contributed by atoms with E-state index < -0.39 is 17.4 Å². The molecule has 0 saturated carbocycles. The summed E-state index contributed by atoms with van der Waals surface area (Å²) in [7, 11) is 0. The highest BCUT2D eigenvalue weighted by Gasteiger charge is 2.31. The molecule has 0 radical (unpaired) electrons. The molecule has 0 aromatic rings. The molecule has 5 heteroatoms. The number of amides is 1. The Bertz CT molecular complexity index is 268. The van der Waals surface area contributed by atoms with Crippen LogP contribution in [-0.2, 0) is 9.59 Å². The Hall–Kier alpha value is -1.10. The molecule has 2 atom stereocenters. The zero-order valence-corrected chi connectivity index (χ0v) is 11.0. The van der Waals surface area contributed by atoms with Gasteiger partial charge >= 0.3 is 5.97 Å². The third-order valence-corrected chi connectivity index (χ3v) is 3.15. The first-order valence-corrected chi connectivity index (χ1v) is 6.14. The summed E-state index contributed by atoms with van der Waals surface area (Å²) in [5.41, 5.74) is 4.77. The summed E-state index contributed by atoms with van der Waals surface area (Å²) >= 11 is 0. The van der Waals surface area contributed by atoms with E-state index in [9.17, 15) is 9.59 Å². The first-order chi connectivity index (χ1) is 7.87. The van der Waals surface area contributed by atoms with E-state index >= 15 is 0 Å². The van der Waals surface area contributed by atoms with Crippen LogP contribution in [0, 0.1) is 5.41 Å². The van der Waals surface area contributed by atoms with E-state index in [1.165, 1.54) is 0 Å². The van der Waals surface area contributed by atoms with E-state index in [2.05, 4.69) is 5.32 Å². The Morgan fingerprint density at radius 2 is 2.00 bits per heavy atom. The lowest BCUT2D eigenvalue weighted by Crippen LogP contribution is -2.46. The van der Waals surface area contributed by atoms with Gasteiger partial charge in [-0.1, -0.05) is 26.7 Å². The predicted molar refractivity (Wildman–Crippen MR) is 66.5 cm³/mol. The number of nitrogens with one attached hydrogen (secondary N) is 1. The maximum atomic E-state index is 11.6. The summed E-state index contributed by atoms with van der Waals surface area (Å²) in [6.45, 7) is 5.56. The van der Waals surface area contributed by atoms with Crippen LogP contribution in [-0.4, -0.2) is 29.6 Å². The highest BCUT2D eigenvalue weighted by Crippen LogP contribution is 2.19. The van der Waals surface area contributed by atoms with Crippen LogP contribution >= 0.6 is 0 Å². The van der Waals surface area contributed by atoms with Gasteiger partial charge in [-0.05, 0) is 19.8 Å². The molecule has 0 aliphatic carbocycles. The van der Waals surface area contributed by atoms with Crippen molar-refractivity contribution in [3.63, 3.8) is 0 Å². The average molecular weight is 244 g/mol. The van der Waals surface area contributed by atoms with Crippen LogP contribution < -0.4 is 11.1 Å². The Kier molecular flexibility index (Phi) is 6.80. The molecule has 0 rings (SSSR count). The molecule has 1 amide bonds. The van der Waals surface area contributed by atoms with Crippen LogP contribution in [0.2, 0.25) is 0 Å². The standard InChI is InChI=1S/C12H24N2O3/c1-4-6-7-9(13)10(15)14-8-12(3,5-2)11(16)17/h9H,4-8,13H2,1-3H3,(H,14,15)(H,16,17)/t9-,12?/m0/s1. The lowest BCUT2D eigenvalue weighted by Gasteiger charge is -2.24. The molecule has 4 N–H and O–H groups in total. The zero-order valence-electron chi connectivity index (χ0n) is 11.0. The van der Waals surface area contributed by atoms with Crippen LogP contribution in [0.4, 0.5) is 0 Å². The van der Waals surface area contributed by atoms with Crippen molar-refractivity contribution in [3.05, 3.63) is 0 Å². The second kappa shape index (κ2) is 7.27. The molecule has 0 aromatic carbocycles. The fraction of sp³-hybridized carbons (Fsp3) is 0.833.